The highest BCUT2D eigenvalue weighted by atomic mass is 35.5. The van der Waals surface area contributed by atoms with E-state index in [1.807, 2.05) is 30.0 Å². The van der Waals surface area contributed by atoms with Gasteiger partial charge in [0.2, 0.25) is 0 Å². The van der Waals surface area contributed by atoms with Gasteiger partial charge in [0.15, 0.2) is 0 Å². The van der Waals surface area contributed by atoms with E-state index in [2.05, 4.69) is 36.2 Å². The first kappa shape index (κ1) is 18.9. The Morgan fingerprint density at radius 3 is 2.71 bits per heavy atom. The van der Waals surface area contributed by atoms with Gasteiger partial charge >= 0.3 is 6.09 Å². The summed E-state index contributed by atoms with van der Waals surface area (Å²) < 4.78 is 5.36. The van der Waals surface area contributed by atoms with Gasteiger partial charge in [-0.15, -0.1) is 0 Å². The fourth-order valence-corrected chi connectivity index (χ4v) is 4.34. The Balaban J connectivity index is 1.82. The molecule has 1 aliphatic heterocycles. The number of carbonyl (C=O) groups excluding carboxylic acids is 1. The summed E-state index contributed by atoms with van der Waals surface area (Å²) in [5, 5.41) is 1.86. The number of nitrogens with zero attached hydrogens (tertiary/aromatic N) is 1. The molecule has 1 aromatic heterocycles. The summed E-state index contributed by atoms with van der Waals surface area (Å²) in [7, 11) is 0. The third kappa shape index (κ3) is 3.37. The Labute approximate surface area is 170 Å². The highest BCUT2D eigenvalue weighted by Gasteiger charge is 2.35. The SMILES string of the molecule is CCCc1ccc(C2c3[nH]c4ccc(Cl)cc4c3CCN2C(=O)OCC)cc1. The van der Waals surface area contributed by atoms with Crippen LogP contribution in [-0.2, 0) is 17.6 Å². The minimum Gasteiger partial charge on any atom is -0.450 e. The monoisotopic (exact) mass is 396 g/mol. The molecule has 3 aromatic rings. The molecular weight excluding hydrogens is 372 g/mol. The zero-order chi connectivity index (χ0) is 19.7. The van der Waals surface area contributed by atoms with Gasteiger partial charge in [0.25, 0.3) is 0 Å². The number of hydrogen-bond donors (Lipinski definition) is 1. The average Bonchev–Trinajstić information content (AvgIpc) is 3.06. The lowest BCUT2D eigenvalue weighted by atomic mass is 9.92. The van der Waals surface area contributed by atoms with E-state index in [-0.39, 0.29) is 12.1 Å². The van der Waals surface area contributed by atoms with Gasteiger partial charge in [0.05, 0.1) is 6.61 Å². The second kappa shape index (κ2) is 7.88. The number of aromatic amines is 1. The maximum atomic E-state index is 12.7. The minimum absolute atomic E-state index is 0.190. The predicted octanol–water partition coefficient (Wildman–Crippen LogP) is 5.88. The van der Waals surface area contributed by atoms with Crippen molar-refractivity contribution in [3.63, 3.8) is 0 Å². The summed E-state index contributed by atoms with van der Waals surface area (Å²) in [6, 6.07) is 14.3. The van der Waals surface area contributed by atoms with Gasteiger partial charge in [-0.3, -0.25) is 4.90 Å². The number of nitrogens with one attached hydrogen (secondary N) is 1. The first-order chi connectivity index (χ1) is 13.6. The topological polar surface area (TPSA) is 45.3 Å². The Morgan fingerprint density at radius 1 is 1.21 bits per heavy atom. The Kier molecular flexibility index (Phi) is 5.31. The van der Waals surface area contributed by atoms with Crippen molar-refractivity contribution >= 4 is 28.6 Å². The van der Waals surface area contributed by atoms with Crippen LogP contribution in [-0.4, -0.2) is 29.1 Å². The molecule has 146 valence electrons. The molecule has 0 bridgehead atoms. The van der Waals surface area contributed by atoms with E-state index < -0.39 is 0 Å². The maximum Gasteiger partial charge on any atom is 0.410 e. The van der Waals surface area contributed by atoms with E-state index in [1.165, 1.54) is 11.1 Å². The number of amides is 1. The number of aryl methyl sites for hydroxylation is 1. The molecule has 0 saturated carbocycles. The highest BCUT2D eigenvalue weighted by molar-refractivity contribution is 6.31. The maximum absolute atomic E-state index is 12.7. The van der Waals surface area contributed by atoms with E-state index in [9.17, 15) is 4.79 Å². The molecule has 1 N–H and O–H groups in total. The van der Waals surface area contributed by atoms with Crippen molar-refractivity contribution in [2.45, 2.75) is 39.2 Å². The molecule has 0 aliphatic carbocycles. The summed E-state index contributed by atoms with van der Waals surface area (Å²) in [4.78, 5) is 18.1. The van der Waals surface area contributed by atoms with Gasteiger partial charge in [0, 0.05) is 28.2 Å². The molecule has 2 heterocycles. The van der Waals surface area contributed by atoms with Gasteiger partial charge in [0.1, 0.15) is 6.04 Å². The van der Waals surface area contributed by atoms with Crippen molar-refractivity contribution < 1.29 is 9.53 Å². The Morgan fingerprint density at radius 2 is 2.00 bits per heavy atom. The van der Waals surface area contributed by atoms with Crippen molar-refractivity contribution in [3.05, 3.63) is 69.9 Å². The molecule has 1 amide bonds. The quantitative estimate of drug-likeness (QED) is 0.598. The largest absolute Gasteiger partial charge is 0.450 e. The standard InChI is InChI=1S/C23H25ClN2O2/c1-3-5-15-6-8-16(9-7-15)22-21-18(12-13-26(22)23(27)28-4-2)19-14-17(24)10-11-20(19)25-21/h6-11,14,22,25H,3-5,12-13H2,1-2H3. The van der Waals surface area contributed by atoms with E-state index >= 15 is 0 Å². The summed E-state index contributed by atoms with van der Waals surface area (Å²) >= 11 is 6.24. The third-order valence-electron chi connectivity index (χ3n) is 5.43. The van der Waals surface area contributed by atoms with Gasteiger partial charge in [-0.05, 0) is 54.7 Å². The van der Waals surface area contributed by atoms with Crippen LogP contribution < -0.4 is 0 Å². The van der Waals surface area contributed by atoms with E-state index in [1.54, 1.807) is 0 Å². The molecule has 0 radical (unpaired) electrons. The first-order valence-corrected chi connectivity index (χ1v) is 10.3. The zero-order valence-corrected chi connectivity index (χ0v) is 17.1. The van der Waals surface area contributed by atoms with E-state index in [0.717, 1.165) is 46.4 Å². The van der Waals surface area contributed by atoms with Crippen molar-refractivity contribution in [1.82, 2.24) is 9.88 Å². The van der Waals surface area contributed by atoms with Crippen molar-refractivity contribution in [2.24, 2.45) is 0 Å². The molecule has 0 saturated heterocycles. The van der Waals surface area contributed by atoms with Crippen LogP contribution in [0.25, 0.3) is 10.9 Å². The highest BCUT2D eigenvalue weighted by Crippen LogP contribution is 2.39. The lowest BCUT2D eigenvalue weighted by Crippen LogP contribution is -2.41. The van der Waals surface area contributed by atoms with Crippen molar-refractivity contribution in [2.75, 3.05) is 13.2 Å². The second-order valence-corrected chi connectivity index (χ2v) is 7.68. The Bertz CT molecular complexity index is 994. The van der Waals surface area contributed by atoms with Crippen LogP contribution >= 0.6 is 11.6 Å². The summed E-state index contributed by atoms with van der Waals surface area (Å²) in [5.74, 6) is 0. The fourth-order valence-electron chi connectivity index (χ4n) is 4.17. The van der Waals surface area contributed by atoms with Gasteiger partial charge in [-0.2, -0.15) is 0 Å². The minimum atomic E-state index is -0.271. The number of halogens is 1. The number of aromatic nitrogens is 1. The smallest absolute Gasteiger partial charge is 0.410 e. The lowest BCUT2D eigenvalue weighted by Gasteiger charge is -2.35. The number of hydrogen-bond acceptors (Lipinski definition) is 2. The van der Waals surface area contributed by atoms with Crippen molar-refractivity contribution in [3.8, 4) is 0 Å². The fraction of sp³-hybridized carbons (Fsp3) is 0.348. The van der Waals surface area contributed by atoms with Crippen LogP contribution in [0, 0.1) is 0 Å². The number of H-pyrrole nitrogens is 1. The molecule has 28 heavy (non-hydrogen) atoms. The van der Waals surface area contributed by atoms with Gasteiger partial charge in [-0.1, -0.05) is 49.2 Å². The molecule has 1 atom stereocenters. The summed E-state index contributed by atoms with van der Waals surface area (Å²) in [5.41, 5.74) is 5.74. The predicted molar refractivity (Wildman–Crippen MR) is 113 cm³/mol. The molecule has 2 aromatic carbocycles. The average molecular weight is 397 g/mol. The number of rotatable bonds is 4. The van der Waals surface area contributed by atoms with Gasteiger partial charge in [-0.25, -0.2) is 4.79 Å². The molecule has 5 heteroatoms. The van der Waals surface area contributed by atoms with E-state index in [0.29, 0.717) is 13.2 Å². The van der Waals surface area contributed by atoms with Crippen LogP contribution in [0.5, 0.6) is 0 Å². The molecule has 1 aliphatic rings. The number of fused-ring (bicyclic) bond motifs is 3. The molecule has 0 spiro atoms. The van der Waals surface area contributed by atoms with Crippen LogP contribution in [0.2, 0.25) is 5.02 Å². The summed E-state index contributed by atoms with van der Waals surface area (Å²) in [6.07, 6.45) is 2.68. The number of benzene rings is 2. The molecular formula is C23H25ClN2O2. The van der Waals surface area contributed by atoms with Crippen LogP contribution in [0.3, 0.4) is 0 Å². The zero-order valence-electron chi connectivity index (χ0n) is 16.3. The third-order valence-corrected chi connectivity index (χ3v) is 5.66. The second-order valence-electron chi connectivity index (χ2n) is 7.24. The molecule has 4 rings (SSSR count). The van der Waals surface area contributed by atoms with Crippen LogP contribution in [0.1, 0.15) is 48.7 Å². The summed E-state index contributed by atoms with van der Waals surface area (Å²) in [6.45, 7) is 5.01. The molecule has 1 unspecified atom stereocenters. The molecule has 4 nitrogen and oxygen atoms in total. The van der Waals surface area contributed by atoms with Crippen LogP contribution in [0.4, 0.5) is 4.79 Å². The van der Waals surface area contributed by atoms with E-state index in [4.69, 9.17) is 16.3 Å². The number of ether oxygens (including phenoxy) is 1. The van der Waals surface area contributed by atoms with Crippen LogP contribution in [0.15, 0.2) is 42.5 Å². The van der Waals surface area contributed by atoms with Crippen molar-refractivity contribution in [1.29, 1.82) is 0 Å². The number of carbonyl (C=O) groups is 1. The van der Waals surface area contributed by atoms with Gasteiger partial charge < -0.3 is 9.72 Å². The normalized spacial score (nSPS) is 16.2. The first-order valence-electron chi connectivity index (χ1n) is 9.94. The molecule has 0 fully saturated rings. The Hall–Kier alpha value is -2.46. The lowest BCUT2D eigenvalue weighted by molar-refractivity contribution is 0.0932.